The standard InChI is InChI=1S/C42H30F6N2O2.C14H6F8.C14H13NO.C12H24B2O4.C7H3BrF4.3K.HO4P/c1-23-5-11-35-29(17-23)33-21-27(51-3)9-15-39(33)49(35)37-13-7-25(41(43,44)45)19-31(37)32-20-26(42(46,47)48)8-14-38(32)50-36-12-6-24(2)18-30(36)34-22-28(52-4)10-16-40(34)50;15-11-3-1-7(13(17,18)19)5-9(11)10-6-8(14(20,21)22)2-4-12(10)16;1-9-3-5-13-11(7-9)12-8-10(16-2)4-6-14(12)15-13;1-9(2)10(3,4)16-13(15-9)14-17-11(5,6)12(7,8)18-14;8-5-3-4(7(10,11)12)1-2-6(5)9;;;;1-4-5(2)3/h5-22H,1-4H3;1-6H;3-8,15H,1-2H3;1-8H3;1-3H;;;;1H/q;;;;;;;+1;/p-1. The van der Waals surface area contributed by atoms with Gasteiger partial charge in [-0.25, -0.2) is 17.8 Å². The first-order valence-corrected chi connectivity index (χ1v) is 56.6. The third-order valence-electron chi connectivity index (χ3n) is 21.6. The summed E-state index contributed by atoms with van der Waals surface area (Å²) in [7, 11) is 0.675. The summed E-state index contributed by atoms with van der Waals surface area (Å²) in [6.45, 7) is 22.2. The van der Waals surface area contributed by atoms with Crippen LogP contribution in [0.25, 0.3) is 99.0 Å². The molecule has 39 heteroatoms. The summed E-state index contributed by atoms with van der Waals surface area (Å²) < 4.78 is 293. The number of hydrogen-bond acceptors (Lipinski definition) is 11. The number of rotatable bonds is 9. The summed E-state index contributed by atoms with van der Waals surface area (Å²) in [6.07, 6.45) is -23.6. The first-order valence-electron chi connectivity index (χ1n) is 38.7. The maximum atomic E-state index is 14.5. The van der Waals surface area contributed by atoms with Crippen LogP contribution in [0.1, 0.15) is 99.9 Å². The first-order chi connectivity index (χ1) is 59.1. The maximum absolute atomic E-state index is 14.5. The van der Waals surface area contributed by atoms with E-state index in [0.29, 0.717) is 70.0 Å². The number of ether oxygens (including phenoxy) is 3. The van der Waals surface area contributed by atoms with Gasteiger partial charge in [0.25, 0.3) is 0 Å². The number of alkyl halides is 15. The van der Waals surface area contributed by atoms with E-state index in [1.807, 2.05) is 133 Å². The summed E-state index contributed by atoms with van der Waals surface area (Å²) in [5.41, 5.74) is 0.0133. The second-order valence-corrected chi connectivity index (χ2v) is 32.5. The molecule has 11 aromatic carbocycles. The van der Waals surface area contributed by atoms with Gasteiger partial charge in [-0.05, 0) is 279 Å². The van der Waals surface area contributed by atoms with Crippen molar-refractivity contribution in [1.82, 2.24) is 14.1 Å². The summed E-state index contributed by atoms with van der Waals surface area (Å²) in [4.78, 5) is 12.3. The summed E-state index contributed by atoms with van der Waals surface area (Å²) in [5.74, 6) is -1.16. The Labute approximate surface area is 820 Å². The molecule has 1 atom stereocenters. The fourth-order valence-corrected chi connectivity index (χ4v) is 14.2. The van der Waals surface area contributed by atoms with Crippen molar-refractivity contribution in [2.45, 2.75) is 129 Å². The number of aromatic amines is 1. The Bertz CT molecular complexity index is 6090. The van der Waals surface area contributed by atoms with E-state index in [1.54, 1.807) is 45.6 Å². The average molecular weight is 1960 g/mol. The molecular formula is C89H76B2BrF18K3N3O11P. The van der Waals surface area contributed by atoms with Crippen LogP contribution in [0.3, 0.4) is 0 Å². The van der Waals surface area contributed by atoms with Gasteiger partial charge >= 0.3 is 168 Å². The Balaban J connectivity index is 0.000000200. The Morgan fingerprint density at radius 3 is 0.938 bits per heavy atom. The Morgan fingerprint density at radius 1 is 0.375 bits per heavy atom. The molecule has 0 saturated carbocycles. The number of aryl methyl sites for hydroxylation is 3. The number of aromatic nitrogens is 3. The molecule has 2 aliphatic rings. The van der Waals surface area contributed by atoms with Crippen molar-refractivity contribution in [3.8, 4) is 50.9 Å². The molecule has 0 aliphatic carbocycles. The number of H-pyrrole nitrogens is 1. The van der Waals surface area contributed by atoms with Crippen LogP contribution in [-0.4, -0.2) is 135 Å². The molecule has 0 radical (unpaired) electrons. The third kappa shape index (κ3) is 24.3. The molecule has 2 saturated heterocycles. The Kier molecular flexibility index (Phi) is 34.8. The predicted molar refractivity (Wildman–Crippen MR) is 453 cm³/mol. The summed E-state index contributed by atoms with van der Waals surface area (Å²) in [5, 5.41) is 14.2. The zero-order chi connectivity index (χ0) is 94.1. The van der Waals surface area contributed by atoms with Crippen molar-refractivity contribution in [1.29, 1.82) is 0 Å². The van der Waals surface area contributed by atoms with E-state index in [-0.39, 0.29) is 113 Å². The van der Waals surface area contributed by atoms with Gasteiger partial charge < -0.3 is 57.1 Å². The van der Waals surface area contributed by atoms with E-state index in [1.165, 1.54) is 97.1 Å². The van der Waals surface area contributed by atoms with Crippen molar-refractivity contribution < 1.29 is 183 Å². The monoisotopic (exact) mass is 1950 g/mol. The third-order valence-corrected chi connectivity index (χ3v) is 22.3. The SMILES string of the molecule is CC1(C)OB(B2OC(C)(C)C(C)(C)O2)OC1(C)C.COc1ccc2[nH]c3ccc(C)cc3c2c1.COc1ccc2c(c1)c1cc(C)ccc1n2-c1ccc(C(F)(F)F)cc1-c1cc(C(F)(F)F)ccc1-n1c2ccc(C)cc2c2cc(OC)ccc21.Fc1ccc(C(F)(F)F)cc1-c1cc(C(F)(F)F)ccc1F.Fc1ccc(C(F)(F)F)cc1Br.O=[P+]([O-])O[O-].[K+].[K][K]. The first kappa shape index (κ1) is 106. The number of halogens is 19. The van der Waals surface area contributed by atoms with Crippen molar-refractivity contribution in [3.63, 3.8) is 0 Å². The minimum absolute atomic E-state index is 0. The summed E-state index contributed by atoms with van der Waals surface area (Å²) >= 11 is 5.16. The van der Waals surface area contributed by atoms with Crippen LogP contribution in [0, 0.1) is 38.2 Å². The molecule has 0 bridgehead atoms. The van der Waals surface area contributed by atoms with E-state index in [2.05, 4.69) is 62.8 Å². The number of benzene rings is 11. The van der Waals surface area contributed by atoms with Gasteiger partial charge in [0.05, 0.1) is 109 Å². The second kappa shape index (κ2) is 42.1. The van der Waals surface area contributed by atoms with Crippen LogP contribution in [0.2, 0.25) is 0 Å². The Hall–Kier alpha value is -5.70. The number of methoxy groups -OCH3 is 3. The van der Waals surface area contributed by atoms with Crippen molar-refractivity contribution in [2.75, 3.05) is 21.3 Å². The van der Waals surface area contributed by atoms with Crippen molar-refractivity contribution in [3.05, 3.63) is 267 Å². The van der Waals surface area contributed by atoms with E-state index in [0.717, 1.165) is 74.3 Å². The van der Waals surface area contributed by atoms with Crippen LogP contribution in [0.15, 0.2) is 205 Å². The zero-order valence-electron chi connectivity index (χ0n) is 71.7. The van der Waals surface area contributed by atoms with Gasteiger partial charge in [-0.3, -0.25) is 0 Å². The van der Waals surface area contributed by atoms with Gasteiger partial charge in [-0.2, -0.15) is 65.9 Å². The molecule has 1 N–H and O–H groups in total. The molecule has 0 spiro atoms. The molecule has 660 valence electrons. The van der Waals surface area contributed by atoms with Gasteiger partial charge in [-0.15, -0.1) is 0 Å². The van der Waals surface area contributed by atoms with Gasteiger partial charge in [0, 0.05) is 65.6 Å². The number of nitrogens with one attached hydrogen (secondary N) is 1. The molecule has 128 heavy (non-hydrogen) atoms. The second-order valence-electron chi connectivity index (χ2n) is 31.1. The van der Waals surface area contributed by atoms with Crippen LogP contribution in [-0.2, 0) is 58.7 Å². The van der Waals surface area contributed by atoms with E-state index < -0.39 is 110 Å². The number of nitrogens with zero attached hydrogens (tertiary/aromatic N) is 2. The van der Waals surface area contributed by atoms with Crippen LogP contribution in [0.5, 0.6) is 17.2 Å². The molecule has 2 aliphatic heterocycles. The molecule has 14 aromatic rings. The van der Waals surface area contributed by atoms with Gasteiger partial charge in [0.1, 0.15) is 34.7 Å². The van der Waals surface area contributed by atoms with Crippen molar-refractivity contribution >= 4 is 167 Å². The quantitative estimate of drug-likeness (QED) is 0.0481. The fourth-order valence-electron chi connectivity index (χ4n) is 13.9. The molecular weight excluding hydrogens is 1880 g/mol. The van der Waals surface area contributed by atoms with Crippen LogP contribution in [0.4, 0.5) is 79.0 Å². The van der Waals surface area contributed by atoms with E-state index in [4.69, 9.17) is 47.5 Å². The predicted octanol–water partition coefficient (Wildman–Crippen LogP) is 21.9. The summed E-state index contributed by atoms with van der Waals surface area (Å²) in [6, 6.07) is 45.8. The van der Waals surface area contributed by atoms with Crippen molar-refractivity contribution in [2.24, 2.45) is 0 Å². The van der Waals surface area contributed by atoms with Crippen LogP contribution >= 0.6 is 24.2 Å². The van der Waals surface area contributed by atoms with Gasteiger partial charge in [0.15, 0.2) is 0 Å². The zero-order valence-corrected chi connectivity index (χ0v) is 83.6. The molecule has 0 amide bonds. The van der Waals surface area contributed by atoms with E-state index >= 15 is 0 Å². The number of fused-ring (bicyclic) bond motifs is 9. The van der Waals surface area contributed by atoms with Gasteiger partial charge in [-0.1, -0.05) is 34.9 Å². The molecule has 1 unspecified atom stereocenters. The fraction of sp³-hybridized carbons (Fsp3) is 0.258. The molecule has 5 heterocycles. The molecule has 2 fully saturated rings. The number of hydrogen-bond donors (Lipinski definition) is 1. The normalized spacial score (nSPS) is 14.7. The van der Waals surface area contributed by atoms with E-state index in [9.17, 15) is 79.0 Å². The molecule has 14 nitrogen and oxygen atoms in total. The topological polar surface area (TPSA) is 163 Å². The van der Waals surface area contributed by atoms with Gasteiger partial charge in [0.2, 0.25) is 0 Å². The molecule has 16 rings (SSSR count). The van der Waals surface area contributed by atoms with Crippen LogP contribution < -0.4 is 75.7 Å². The molecule has 3 aromatic heterocycles. The minimum atomic E-state index is -4.83. The average Bonchev–Trinajstić information content (AvgIpc) is 1.55. The Morgan fingerprint density at radius 2 is 0.625 bits per heavy atom.